The Morgan fingerprint density at radius 2 is 1.87 bits per heavy atom. The van der Waals surface area contributed by atoms with Crippen LogP contribution in [0.15, 0.2) is 59.6 Å². The molecule has 0 aliphatic heterocycles. The van der Waals surface area contributed by atoms with Gasteiger partial charge in [-0.25, -0.2) is 18.1 Å². The molecule has 2 aromatic carbocycles. The van der Waals surface area contributed by atoms with Crippen LogP contribution in [-0.2, 0) is 20.2 Å². The first-order chi connectivity index (χ1) is 14.9. The minimum absolute atomic E-state index is 0.100. The molecule has 5 rings (SSSR count). The number of methoxy groups -OCH3 is 1. The number of hydrogen-bond donors (Lipinski definition) is 1. The van der Waals surface area contributed by atoms with E-state index in [1.165, 1.54) is 19.6 Å². The van der Waals surface area contributed by atoms with Gasteiger partial charge in [0.1, 0.15) is 0 Å². The number of aromatic nitrogens is 1. The van der Waals surface area contributed by atoms with Gasteiger partial charge in [-0.2, -0.15) is 0 Å². The number of hydrogen-bond acceptors (Lipinski definition) is 5. The van der Waals surface area contributed by atoms with E-state index in [0.717, 1.165) is 23.8 Å². The Bertz CT molecular complexity index is 1270. The molecular formula is C24H24N2O4S. The summed E-state index contributed by atoms with van der Waals surface area (Å²) in [4.78, 5) is 17.8. The number of carbonyl (C=O) groups excluding carboxylic acids is 1. The largest absolute Gasteiger partial charge is 0.481 e. The van der Waals surface area contributed by atoms with Gasteiger partial charge >= 0.3 is 0 Å². The number of rotatable bonds is 6. The zero-order chi connectivity index (χ0) is 21.6. The summed E-state index contributed by atoms with van der Waals surface area (Å²) in [6, 6.07) is 14.3. The lowest BCUT2D eigenvalue weighted by Gasteiger charge is -2.27. The molecule has 31 heavy (non-hydrogen) atoms. The second kappa shape index (κ2) is 7.34. The van der Waals surface area contributed by atoms with Crippen LogP contribution in [-0.4, -0.2) is 26.4 Å². The van der Waals surface area contributed by atoms with Crippen molar-refractivity contribution in [3.8, 4) is 5.88 Å². The fourth-order valence-corrected chi connectivity index (χ4v) is 5.67. The predicted octanol–water partition coefficient (Wildman–Crippen LogP) is 4.05. The van der Waals surface area contributed by atoms with Crippen LogP contribution in [0.1, 0.15) is 49.1 Å². The monoisotopic (exact) mass is 436 g/mol. The summed E-state index contributed by atoms with van der Waals surface area (Å²) in [7, 11) is -2.51. The summed E-state index contributed by atoms with van der Waals surface area (Å²) in [6.45, 7) is 0. The quantitative estimate of drug-likeness (QED) is 0.630. The van der Waals surface area contributed by atoms with Crippen LogP contribution in [0.5, 0.6) is 5.88 Å². The first kappa shape index (κ1) is 20.0. The molecule has 2 aliphatic carbocycles. The molecule has 1 aromatic heterocycles. The van der Waals surface area contributed by atoms with Gasteiger partial charge in [-0.05, 0) is 54.7 Å². The Labute approximate surface area is 181 Å². The van der Waals surface area contributed by atoms with Gasteiger partial charge in [0.25, 0.3) is 10.0 Å². The number of sulfonamides is 1. The van der Waals surface area contributed by atoms with Gasteiger partial charge in [0.2, 0.25) is 11.8 Å². The zero-order valence-corrected chi connectivity index (χ0v) is 18.1. The summed E-state index contributed by atoms with van der Waals surface area (Å²) in [5, 5.41) is 1.39. The lowest BCUT2D eigenvalue weighted by atomic mass is 9.79. The molecule has 2 aliphatic rings. The van der Waals surface area contributed by atoms with Crippen LogP contribution in [0.2, 0.25) is 0 Å². The van der Waals surface area contributed by atoms with E-state index in [4.69, 9.17) is 4.74 Å². The first-order valence-electron chi connectivity index (χ1n) is 10.5. The second-order valence-electron chi connectivity index (χ2n) is 8.45. The predicted molar refractivity (Wildman–Crippen MR) is 118 cm³/mol. The van der Waals surface area contributed by atoms with Gasteiger partial charge in [-0.3, -0.25) is 4.79 Å². The van der Waals surface area contributed by atoms with Gasteiger partial charge in [0.05, 0.1) is 17.4 Å². The highest BCUT2D eigenvalue weighted by atomic mass is 32.2. The molecule has 0 bridgehead atoms. The summed E-state index contributed by atoms with van der Waals surface area (Å²) < 4.78 is 34.1. The fraction of sp³-hybridized carbons (Fsp3) is 0.333. The van der Waals surface area contributed by atoms with Crippen molar-refractivity contribution in [1.29, 1.82) is 0 Å². The molecule has 0 unspecified atom stereocenters. The van der Waals surface area contributed by atoms with E-state index in [0.29, 0.717) is 35.6 Å². The minimum Gasteiger partial charge on any atom is -0.481 e. The SMILES string of the molecule is COc1ncc(C2CCC2)cc1C1(C(=O)NS(=O)(=O)c2cccc3ccccc23)CC1. The van der Waals surface area contributed by atoms with Crippen molar-refractivity contribution >= 4 is 26.7 Å². The lowest BCUT2D eigenvalue weighted by Crippen LogP contribution is -2.39. The Hall–Kier alpha value is -2.93. The molecule has 3 aromatic rings. The van der Waals surface area contributed by atoms with E-state index < -0.39 is 21.3 Å². The number of carbonyl (C=O) groups is 1. The maximum absolute atomic E-state index is 13.3. The number of nitrogens with one attached hydrogen (secondary N) is 1. The molecule has 0 saturated heterocycles. The number of pyridine rings is 1. The number of amides is 1. The van der Waals surface area contributed by atoms with Crippen LogP contribution in [0.25, 0.3) is 10.8 Å². The molecule has 160 valence electrons. The molecule has 2 saturated carbocycles. The molecule has 1 amide bonds. The molecule has 0 radical (unpaired) electrons. The van der Waals surface area contributed by atoms with Crippen LogP contribution in [0, 0.1) is 0 Å². The highest BCUT2D eigenvalue weighted by Gasteiger charge is 2.54. The van der Waals surface area contributed by atoms with E-state index in [-0.39, 0.29) is 4.90 Å². The standard InChI is InChI=1S/C24H24N2O4S/c1-30-22-20(14-18(15-25-22)16-7-4-8-16)24(12-13-24)23(27)26-31(28,29)21-11-5-9-17-6-2-3-10-19(17)21/h2-3,5-6,9-11,14-16H,4,7-8,12-13H2,1H3,(H,26,27). The summed E-state index contributed by atoms with van der Waals surface area (Å²) in [6.07, 6.45) is 6.37. The zero-order valence-electron chi connectivity index (χ0n) is 17.3. The third-order valence-corrected chi connectivity index (χ3v) is 8.00. The van der Waals surface area contributed by atoms with Crippen LogP contribution >= 0.6 is 0 Å². The average Bonchev–Trinajstić information content (AvgIpc) is 3.54. The van der Waals surface area contributed by atoms with Crippen molar-refractivity contribution in [3.05, 3.63) is 65.9 Å². The molecule has 2 fully saturated rings. The van der Waals surface area contributed by atoms with Crippen molar-refractivity contribution in [1.82, 2.24) is 9.71 Å². The van der Waals surface area contributed by atoms with Crippen molar-refractivity contribution in [2.24, 2.45) is 0 Å². The Kier molecular flexibility index (Phi) is 4.73. The topological polar surface area (TPSA) is 85.4 Å². The van der Waals surface area contributed by atoms with Crippen molar-refractivity contribution in [2.75, 3.05) is 7.11 Å². The van der Waals surface area contributed by atoms with Gasteiger partial charge in [0, 0.05) is 17.1 Å². The van der Waals surface area contributed by atoms with E-state index in [1.807, 2.05) is 30.5 Å². The van der Waals surface area contributed by atoms with Crippen molar-refractivity contribution in [3.63, 3.8) is 0 Å². The molecule has 1 heterocycles. The van der Waals surface area contributed by atoms with E-state index in [1.54, 1.807) is 18.2 Å². The molecular weight excluding hydrogens is 412 g/mol. The van der Waals surface area contributed by atoms with Crippen LogP contribution < -0.4 is 9.46 Å². The Morgan fingerprint density at radius 3 is 2.55 bits per heavy atom. The highest BCUT2D eigenvalue weighted by molar-refractivity contribution is 7.90. The first-order valence-corrected chi connectivity index (χ1v) is 12.0. The molecule has 0 spiro atoms. The summed E-state index contributed by atoms with van der Waals surface area (Å²) in [5.74, 6) is 0.319. The van der Waals surface area contributed by atoms with E-state index in [9.17, 15) is 13.2 Å². The maximum atomic E-state index is 13.3. The Morgan fingerprint density at radius 1 is 1.13 bits per heavy atom. The second-order valence-corrected chi connectivity index (χ2v) is 10.1. The van der Waals surface area contributed by atoms with Gasteiger partial charge in [-0.15, -0.1) is 0 Å². The minimum atomic E-state index is -4.04. The smallest absolute Gasteiger partial charge is 0.264 e. The third kappa shape index (κ3) is 3.37. The van der Waals surface area contributed by atoms with Crippen LogP contribution in [0.4, 0.5) is 0 Å². The normalized spacial score (nSPS) is 17.7. The highest BCUT2D eigenvalue weighted by Crippen LogP contribution is 2.52. The fourth-order valence-electron chi connectivity index (χ4n) is 4.39. The number of benzene rings is 2. The number of ether oxygens (including phenoxy) is 1. The summed E-state index contributed by atoms with van der Waals surface area (Å²) in [5.41, 5.74) is 0.860. The van der Waals surface area contributed by atoms with Gasteiger partial charge in [-0.1, -0.05) is 42.8 Å². The molecule has 1 N–H and O–H groups in total. The van der Waals surface area contributed by atoms with Crippen LogP contribution in [0.3, 0.4) is 0 Å². The third-order valence-electron chi connectivity index (χ3n) is 6.61. The van der Waals surface area contributed by atoms with Crippen molar-refractivity contribution in [2.45, 2.75) is 48.3 Å². The molecule has 6 nitrogen and oxygen atoms in total. The Balaban J connectivity index is 1.49. The number of fused-ring (bicyclic) bond motifs is 1. The molecule has 7 heteroatoms. The van der Waals surface area contributed by atoms with Gasteiger partial charge < -0.3 is 4.74 Å². The summed E-state index contributed by atoms with van der Waals surface area (Å²) >= 11 is 0. The van der Waals surface area contributed by atoms with Gasteiger partial charge in [0.15, 0.2) is 0 Å². The van der Waals surface area contributed by atoms with Crippen molar-refractivity contribution < 1.29 is 17.9 Å². The molecule has 0 atom stereocenters. The average molecular weight is 437 g/mol. The van der Waals surface area contributed by atoms with E-state index in [2.05, 4.69) is 9.71 Å². The maximum Gasteiger partial charge on any atom is 0.264 e. The number of nitrogens with zero attached hydrogens (tertiary/aromatic N) is 1. The van der Waals surface area contributed by atoms with E-state index >= 15 is 0 Å². The lowest BCUT2D eigenvalue weighted by molar-refractivity contribution is -0.121.